The lowest BCUT2D eigenvalue weighted by Gasteiger charge is -2.26. The Labute approximate surface area is 81.9 Å². The van der Waals surface area contributed by atoms with Crippen LogP contribution in [0.25, 0.3) is 0 Å². The van der Waals surface area contributed by atoms with E-state index in [1.54, 1.807) is 6.92 Å². The molecular weight excluding hydrogens is 160 g/mol. The molecule has 1 nitrogen and oxygen atoms in total. The summed E-state index contributed by atoms with van der Waals surface area (Å²) in [7, 11) is 0. The standard InChI is InChI=1S/C12H20O/c1-6-11(9-8-10(3)4)12(5,13)7-2/h2,8,11,13H,6,9H2,1,3-5H3. The predicted molar refractivity (Wildman–Crippen MR) is 57.3 cm³/mol. The Hall–Kier alpha value is -0.740. The van der Waals surface area contributed by atoms with Crippen molar-refractivity contribution in [2.75, 3.05) is 0 Å². The van der Waals surface area contributed by atoms with Crippen LogP contribution in [0.15, 0.2) is 11.6 Å². The van der Waals surface area contributed by atoms with Crippen molar-refractivity contribution in [1.29, 1.82) is 0 Å². The number of terminal acetylenes is 1. The van der Waals surface area contributed by atoms with E-state index in [2.05, 4.69) is 32.8 Å². The summed E-state index contributed by atoms with van der Waals surface area (Å²) in [6.07, 6.45) is 9.15. The van der Waals surface area contributed by atoms with Crippen LogP contribution in [0.4, 0.5) is 0 Å². The maximum absolute atomic E-state index is 9.83. The van der Waals surface area contributed by atoms with Crippen molar-refractivity contribution in [3.63, 3.8) is 0 Å². The summed E-state index contributed by atoms with van der Waals surface area (Å²) in [6, 6.07) is 0. The molecule has 0 saturated carbocycles. The Bertz CT molecular complexity index is 214. The molecule has 2 atom stereocenters. The fourth-order valence-electron chi connectivity index (χ4n) is 1.29. The van der Waals surface area contributed by atoms with Crippen molar-refractivity contribution < 1.29 is 5.11 Å². The van der Waals surface area contributed by atoms with Crippen LogP contribution in [-0.4, -0.2) is 10.7 Å². The monoisotopic (exact) mass is 180 g/mol. The van der Waals surface area contributed by atoms with Crippen LogP contribution < -0.4 is 0 Å². The minimum Gasteiger partial charge on any atom is -0.378 e. The third-order valence-electron chi connectivity index (χ3n) is 2.39. The van der Waals surface area contributed by atoms with Gasteiger partial charge in [0.2, 0.25) is 0 Å². The van der Waals surface area contributed by atoms with Crippen LogP contribution in [0.1, 0.15) is 40.5 Å². The topological polar surface area (TPSA) is 20.2 Å². The van der Waals surface area contributed by atoms with Gasteiger partial charge in [-0.3, -0.25) is 0 Å². The molecule has 0 spiro atoms. The number of rotatable bonds is 4. The zero-order chi connectivity index (χ0) is 10.5. The number of aliphatic hydroxyl groups is 1. The highest BCUT2D eigenvalue weighted by molar-refractivity contribution is 5.09. The van der Waals surface area contributed by atoms with Gasteiger partial charge in [0.15, 0.2) is 0 Å². The van der Waals surface area contributed by atoms with Gasteiger partial charge in [0.05, 0.1) is 0 Å². The molecule has 0 aliphatic carbocycles. The third kappa shape index (κ3) is 4.15. The van der Waals surface area contributed by atoms with E-state index in [9.17, 15) is 5.11 Å². The van der Waals surface area contributed by atoms with Crippen LogP contribution >= 0.6 is 0 Å². The molecule has 0 aliphatic rings. The van der Waals surface area contributed by atoms with E-state index in [0.29, 0.717) is 0 Å². The molecule has 0 bridgehead atoms. The van der Waals surface area contributed by atoms with Gasteiger partial charge in [-0.2, -0.15) is 0 Å². The minimum absolute atomic E-state index is 0.160. The molecule has 74 valence electrons. The van der Waals surface area contributed by atoms with E-state index in [-0.39, 0.29) is 5.92 Å². The maximum atomic E-state index is 9.83. The Kier molecular flexibility index (Phi) is 4.80. The van der Waals surface area contributed by atoms with Crippen LogP contribution in [0.2, 0.25) is 0 Å². The van der Waals surface area contributed by atoms with Gasteiger partial charge >= 0.3 is 0 Å². The first kappa shape index (κ1) is 12.3. The molecule has 0 aromatic heterocycles. The summed E-state index contributed by atoms with van der Waals surface area (Å²) in [5, 5.41) is 9.83. The molecule has 0 amide bonds. The molecule has 0 aromatic rings. The van der Waals surface area contributed by atoms with Gasteiger partial charge in [0.25, 0.3) is 0 Å². The Morgan fingerprint density at radius 3 is 2.46 bits per heavy atom. The second kappa shape index (κ2) is 5.09. The summed E-state index contributed by atoms with van der Waals surface area (Å²) in [5.41, 5.74) is 0.298. The number of hydrogen-bond acceptors (Lipinski definition) is 1. The van der Waals surface area contributed by atoms with E-state index >= 15 is 0 Å². The molecular formula is C12H20O. The first-order valence-electron chi connectivity index (χ1n) is 4.77. The van der Waals surface area contributed by atoms with Crippen molar-refractivity contribution in [2.45, 2.75) is 46.1 Å². The van der Waals surface area contributed by atoms with Gasteiger partial charge in [-0.15, -0.1) is 6.42 Å². The van der Waals surface area contributed by atoms with Gasteiger partial charge in [-0.1, -0.05) is 24.5 Å². The molecule has 1 heteroatoms. The van der Waals surface area contributed by atoms with Crippen molar-refractivity contribution in [2.24, 2.45) is 5.92 Å². The normalized spacial score (nSPS) is 16.9. The SMILES string of the molecule is C#CC(C)(O)C(CC)CC=C(C)C. The number of allylic oxidation sites excluding steroid dienone is 2. The van der Waals surface area contributed by atoms with Gasteiger partial charge in [0, 0.05) is 5.92 Å². The fraction of sp³-hybridized carbons (Fsp3) is 0.667. The highest BCUT2D eigenvalue weighted by Crippen LogP contribution is 2.24. The van der Waals surface area contributed by atoms with Crippen molar-refractivity contribution in [1.82, 2.24) is 0 Å². The van der Waals surface area contributed by atoms with Gasteiger partial charge in [0.1, 0.15) is 5.60 Å². The smallest absolute Gasteiger partial charge is 0.125 e. The van der Waals surface area contributed by atoms with Crippen LogP contribution in [0.3, 0.4) is 0 Å². The van der Waals surface area contributed by atoms with Crippen molar-refractivity contribution in [3.05, 3.63) is 11.6 Å². The molecule has 0 heterocycles. The average molecular weight is 180 g/mol. The summed E-state index contributed by atoms with van der Waals surface area (Å²) in [5.74, 6) is 2.60. The molecule has 0 fully saturated rings. The van der Waals surface area contributed by atoms with Gasteiger partial charge in [-0.05, 0) is 33.6 Å². The van der Waals surface area contributed by atoms with Gasteiger partial charge < -0.3 is 5.11 Å². The lowest BCUT2D eigenvalue weighted by Crippen LogP contribution is -2.32. The van der Waals surface area contributed by atoms with E-state index in [4.69, 9.17) is 6.42 Å². The zero-order valence-electron chi connectivity index (χ0n) is 9.09. The number of hydrogen-bond donors (Lipinski definition) is 1. The van der Waals surface area contributed by atoms with Crippen LogP contribution in [0, 0.1) is 18.3 Å². The lowest BCUT2D eigenvalue weighted by atomic mass is 9.85. The van der Waals surface area contributed by atoms with Crippen molar-refractivity contribution in [3.8, 4) is 12.3 Å². The van der Waals surface area contributed by atoms with Crippen molar-refractivity contribution >= 4 is 0 Å². The molecule has 2 unspecified atom stereocenters. The Balaban J connectivity index is 4.37. The molecule has 13 heavy (non-hydrogen) atoms. The molecule has 0 radical (unpaired) electrons. The van der Waals surface area contributed by atoms with E-state index in [1.165, 1.54) is 5.57 Å². The summed E-state index contributed by atoms with van der Waals surface area (Å²) < 4.78 is 0. The van der Waals surface area contributed by atoms with Crippen LogP contribution in [0.5, 0.6) is 0 Å². The first-order valence-corrected chi connectivity index (χ1v) is 4.77. The quantitative estimate of drug-likeness (QED) is 0.521. The molecule has 0 aliphatic heterocycles. The predicted octanol–water partition coefficient (Wildman–Crippen LogP) is 2.75. The van der Waals surface area contributed by atoms with E-state index in [1.807, 2.05) is 0 Å². The average Bonchev–Trinajstić information content (AvgIpc) is 2.04. The zero-order valence-corrected chi connectivity index (χ0v) is 9.09. The Morgan fingerprint density at radius 1 is 1.62 bits per heavy atom. The fourth-order valence-corrected chi connectivity index (χ4v) is 1.29. The van der Waals surface area contributed by atoms with Crippen LogP contribution in [-0.2, 0) is 0 Å². The maximum Gasteiger partial charge on any atom is 0.125 e. The molecule has 0 saturated heterocycles. The summed E-state index contributed by atoms with van der Waals surface area (Å²) in [4.78, 5) is 0. The second-order valence-electron chi connectivity index (χ2n) is 3.91. The van der Waals surface area contributed by atoms with E-state index in [0.717, 1.165) is 12.8 Å². The second-order valence-corrected chi connectivity index (χ2v) is 3.91. The summed E-state index contributed by atoms with van der Waals surface area (Å²) in [6.45, 7) is 7.87. The lowest BCUT2D eigenvalue weighted by molar-refractivity contribution is 0.0551. The third-order valence-corrected chi connectivity index (χ3v) is 2.39. The molecule has 1 N–H and O–H groups in total. The minimum atomic E-state index is -0.972. The first-order chi connectivity index (χ1) is 5.94. The molecule has 0 aromatic carbocycles. The van der Waals surface area contributed by atoms with Gasteiger partial charge in [-0.25, -0.2) is 0 Å². The van der Waals surface area contributed by atoms with E-state index < -0.39 is 5.60 Å². The highest BCUT2D eigenvalue weighted by Gasteiger charge is 2.26. The summed E-state index contributed by atoms with van der Waals surface area (Å²) >= 11 is 0. The largest absolute Gasteiger partial charge is 0.378 e. The Morgan fingerprint density at radius 2 is 2.15 bits per heavy atom. The molecule has 0 rings (SSSR count). The highest BCUT2D eigenvalue weighted by atomic mass is 16.3.